The number of para-hydroxylation sites is 1. The highest BCUT2D eigenvalue weighted by Crippen LogP contribution is 2.24. The van der Waals surface area contributed by atoms with Crippen LogP contribution >= 0.6 is 0 Å². The average Bonchev–Trinajstić information content (AvgIpc) is 3.21. The Kier molecular flexibility index (Phi) is 5.49. The third-order valence-corrected chi connectivity index (χ3v) is 4.55. The van der Waals surface area contributed by atoms with Crippen LogP contribution in [0.25, 0.3) is 16.9 Å². The van der Waals surface area contributed by atoms with Crippen LogP contribution < -0.4 is 5.48 Å². The Balaban J connectivity index is 1.60. The zero-order valence-electron chi connectivity index (χ0n) is 16.1. The van der Waals surface area contributed by atoms with Crippen molar-refractivity contribution in [2.24, 2.45) is 0 Å². The number of hydroxylamine groups is 1. The minimum atomic E-state index is -0.335. The van der Waals surface area contributed by atoms with Crippen LogP contribution in [0, 0.1) is 6.92 Å². The van der Waals surface area contributed by atoms with E-state index in [4.69, 9.17) is 4.84 Å². The predicted molar refractivity (Wildman–Crippen MR) is 112 cm³/mol. The van der Waals surface area contributed by atoms with Gasteiger partial charge in [0.2, 0.25) is 0 Å². The van der Waals surface area contributed by atoms with Crippen molar-refractivity contribution < 1.29 is 9.63 Å². The molecule has 0 spiro atoms. The summed E-state index contributed by atoms with van der Waals surface area (Å²) in [6, 6.07) is 27.3. The Morgan fingerprint density at radius 3 is 2.28 bits per heavy atom. The fraction of sp³-hybridized carbons (Fsp3) is 0.0833. The van der Waals surface area contributed by atoms with Crippen LogP contribution in [0.3, 0.4) is 0 Å². The van der Waals surface area contributed by atoms with E-state index in [1.165, 1.54) is 0 Å². The van der Waals surface area contributed by atoms with Crippen LogP contribution in [-0.2, 0) is 11.4 Å². The van der Waals surface area contributed by atoms with E-state index < -0.39 is 0 Å². The zero-order valence-corrected chi connectivity index (χ0v) is 16.1. The van der Waals surface area contributed by atoms with Crippen molar-refractivity contribution in [3.05, 3.63) is 108 Å². The molecule has 1 heterocycles. The van der Waals surface area contributed by atoms with E-state index in [9.17, 15) is 4.79 Å². The van der Waals surface area contributed by atoms with Gasteiger partial charge in [-0.1, -0.05) is 78.4 Å². The molecule has 0 bridgehead atoms. The van der Waals surface area contributed by atoms with Gasteiger partial charge in [0.15, 0.2) is 0 Å². The Labute approximate surface area is 169 Å². The van der Waals surface area contributed by atoms with Crippen molar-refractivity contribution in [2.75, 3.05) is 0 Å². The van der Waals surface area contributed by atoms with Crippen molar-refractivity contribution in [3.8, 4) is 16.9 Å². The maximum Gasteiger partial charge on any atom is 0.278 e. The average molecular weight is 383 g/mol. The first-order valence-electron chi connectivity index (χ1n) is 9.39. The summed E-state index contributed by atoms with van der Waals surface area (Å²) in [6.45, 7) is 2.32. The normalized spacial score (nSPS) is 10.7. The number of carbonyl (C=O) groups is 1. The van der Waals surface area contributed by atoms with E-state index in [2.05, 4.69) is 10.6 Å². The summed E-state index contributed by atoms with van der Waals surface area (Å²) < 4.78 is 1.71. The molecule has 5 heteroatoms. The monoisotopic (exact) mass is 383 g/mol. The molecule has 29 heavy (non-hydrogen) atoms. The highest BCUT2D eigenvalue weighted by atomic mass is 16.6. The van der Waals surface area contributed by atoms with Gasteiger partial charge in [-0.2, -0.15) is 5.10 Å². The van der Waals surface area contributed by atoms with Gasteiger partial charge < -0.3 is 0 Å². The van der Waals surface area contributed by atoms with E-state index in [0.29, 0.717) is 17.9 Å². The van der Waals surface area contributed by atoms with E-state index in [1.54, 1.807) is 10.9 Å². The van der Waals surface area contributed by atoms with Gasteiger partial charge in [-0.3, -0.25) is 9.63 Å². The standard InChI is InChI=1S/C24H21N3O2/c1-18-12-14-20(15-13-18)23-22(16-27(25-23)21-10-6-3-7-11-21)24(28)26-29-17-19-8-4-2-5-9-19/h2-16H,17H2,1H3,(H,26,28). The SMILES string of the molecule is Cc1ccc(-c2nn(-c3ccccc3)cc2C(=O)NOCc2ccccc2)cc1. The van der Waals surface area contributed by atoms with Crippen LogP contribution in [0.4, 0.5) is 0 Å². The van der Waals surface area contributed by atoms with Gasteiger partial charge in [0.25, 0.3) is 5.91 Å². The lowest BCUT2D eigenvalue weighted by atomic mass is 10.1. The van der Waals surface area contributed by atoms with Gasteiger partial charge in [-0.25, -0.2) is 10.2 Å². The molecule has 0 aliphatic rings. The quantitative estimate of drug-likeness (QED) is 0.491. The molecule has 0 fully saturated rings. The molecule has 144 valence electrons. The van der Waals surface area contributed by atoms with E-state index in [0.717, 1.165) is 22.4 Å². The summed E-state index contributed by atoms with van der Waals surface area (Å²) in [7, 11) is 0. The molecular weight excluding hydrogens is 362 g/mol. The Morgan fingerprint density at radius 2 is 1.59 bits per heavy atom. The van der Waals surface area contributed by atoms with Crippen LogP contribution in [0.1, 0.15) is 21.5 Å². The second kappa shape index (κ2) is 8.54. The lowest BCUT2D eigenvalue weighted by Crippen LogP contribution is -2.23. The molecule has 0 saturated heterocycles. The van der Waals surface area contributed by atoms with Crippen molar-refractivity contribution in [1.29, 1.82) is 0 Å². The first-order chi connectivity index (χ1) is 14.2. The summed E-state index contributed by atoms with van der Waals surface area (Å²) in [5.41, 5.74) is 7.48. The number of carbonyl (C=O) groups excluding carboxylic acids is 1. The molecule has 1 amide bonds. The number of hydrogen-bond donors (Lipinski definition) is 1. The van der Waals surface area contributed by atoms with Crippen molar-refractivity contribution >= 4 is 5.91 Å². The van der Waals surface area contributed by atoms with E-state index in [-0.39, 0.29) is 5.91 Å². The van der Waals surface area contributed by atoms with Gasteiger partial charge in [-0.05, 0) is 24.6 Å². The molecule has 0 aliphatic carbocycles. The molecular formula is C24H21N3O2. The smallest absolute Gasteiger partial charge is 0.269 e. The zero-order chi connectivity index (χ0) is 20.1. The molecule has 1 N–H and O–H groups in total. The largest absolute Gasteiger partial charge is 0.278 e. The first-order valence-corrected chi connectivity index (χ1v) is 9.39. The Bertz CT molecular complexity index is 1090. The maximum atomic E-state index is 12.9. The summed E-state index contributed by atoms with van der Waals surface area (Å²) >= 11 is 0. The van der Waals surface area contributed by atoms with Crippen LogP contribution in [0.2, 0.25) is 0 Å². The number of nitrogens with zero attached hydrogens (tertiary/aromatic N) is 2. The maximum absolute atomic E-state index is 12.9. The highest BCUT2D eigenvalue weighted by Gasteiger charge is 2.19. The summed E-state index contributed by atoms with van der Waals surface area (Å²) in [4.78, 5) is 18.3. The van der Waals surface area contributed by atoms with Gasteiger partial charge in [0.1, 0.15) is 5.69 Å². The second-order valence-corrected chi connectivity index (χ2v) is 6.74. The molecule has 3 aromatic carbocycles. The molecule has 4 aromatic rings. The number of hydrogen-bond acceptors (Lipinski definition) is 3. The molecule has 4 rings (SSSR count). The number of nitrogens with one attached hydrogen (secondary N) is 1. The van der Waals surface area contributed by atoms with E-state index >= 15 is 0 Å². The molecule has 1 aromatic heterocycles. The summed E-state index contributed by atoms with van der Waals surface area (Å²) in [5.74, 6) is -0.335. The number of rotatable bonds is 6. The lowest BCUT2D eigenvalue weighted by Gasteiger charge is -2.06. The molecule has 0 radical (unpaired) electrons. The number of benzene rings is 3. The first kappa shape index (κ1) is 18.7. The van der Waals surface area contributed by atoms with E-state index in [1.807, 2.05) is 91.9 Å². The molecule has 0 atom stereocenters. The lowest BCUT2D eigenvalue weighted by molar-refractivity contribution is 0.0234. The van der Waals surface area contributed by atoms with Gasteiger partial charge in [0, 0.05) is 11.8 Å². The second-order valence-electron chi connectivity index (χ2n) is 6.74. The summed E-state index contributed by atoms with van der Waals surface area (Å²) in [5, 5.41) is 4.67. The Morgan fingerprint density at radius 1 is 0.931 bits per heavy atom. The van der Waals surface area contributed by atoms with Crippen molar-refractivity contribution in [3.63, 3.8) is 0 Å². The molecule has 0 unspecified atom stereocenters. The molecule has 5 nitrogen and oxygen atoms in total. The minimum absolute atomic E-state index is 0.291. The van der Waals surface area contributed by atoms with Gasteiger partial charge >= 0.3 is 0 Å². The molecule has 0 saturated carbocycles. The minimum Gasteiger partial charge on any atom is -0.269 e. The fourth-order valence-corrected chi connectivity index (χ4v) is 2.99. The van der Waals surface area contributed by atoms with Crippen molar-refractivity contribution in [1.82, 2.24) is 15.3 Å². The highest BCUT2D eigenvalue weighted by molar-refractivity contribution is 5.99. The molecule has 0 aliphatic heterocycles. The summed E-state index contributed by atoms with van der Waals surface area (Å²) in [6.07, 6.45) is 1.73. The van der Waals surface area contributed by atoms with Crippen LogP contribution in [-0.4, -0.2) is 15.7 Å². The fourth-order valence-electron chi connectivity index (χ4n) is 2.99. The van der Waals surface area contributed by atoms with Crippen LogP contribution in [0.15, 0.2) is 91.1 Å². The number of aryl methyl sites for hydroxylation is 1. The van der Waals surface area contributed by atoms with Gasteiger partial charge in [-0.15, -0.1) is 0 Å². The van der Waals surface area contributed by atoms with Crippen LogP contribution in [0.5, 0.6) is 0 Å². The number of aromatic nitrogens is 2. The predicted octanol–water partition coefficient (Wildman–Crippen LogP) is 4.71. The topological polar surface area (TPSA) is 56.2 Å². The van der Waals surface area contributed by atoms with Crippen molar-refractivity contribution in [2.45, 2.75) is 13.5 Å². The number of amides is 1. The third-order valence-electron chi connectivity index (χ3n) is 4.55. The van der Waals surface area contributed by atoms with Gasteiger partial charge in [0.05, 0.1) is 17.9 Å². The third kappa shape index (κ3) is 4.42. The Hall–Kier alpha value is -3.70.